The molecule has 0 aromatic heterocycles. The fourth-order valence-corrected chi connectivity index (χ4v) is 16.4. The van der Waals surface area contributed by atoms with Crippen LogP contribution in [0.25, 0.3) is 76.5 Å². The third-order valence-electron chi connectivity index (χ3n) is 20.2. The fraction of sp³-hybridized carbons (Fsp3) is 0.0444. The lowest BCUT2D eigenvalue weighted by Gasteiger charge is -2.37. The number of fused-ring (bicyclic) bond motifs is 10. The molecule has 0 saturated heterocycles. The molecular formula is C90H62N2. The van der Waals surface area contributed by atoms with Crippen LogP contribution >= 0.6 is 0 Å². The summed E-state index contributed by atoms with van der Waals surface area (Å²) in [5, 5.41) is 9.48. The molecule has 0 heterocycles. The number of anilines is 6. The van der Waals surface area contributed by atoms with Crippen molar-refractivity contribution in [2.75, 3.05) is 9.80 Å². The molecule has 3 aliphatic carbocycles. The number of nitrogens with zero attached hydrogens (tertiary/aromatic N) is 2. The van der Waals surface area contributed by atoms with Crippen molar-refractivity contribution in [3.05, 3.63) is 396 Å². The second-order valence-electron chi connectivity index (χ2n) is 24.8. The van der Waals surface area contributed by atoms with E-state index in [4.69, 9.17) is 0 Å². The number of hydrogen-bond acceptors (Lipinski definition) is 2. The van der Waals surface area contributed by atoms with Crippen LogP contribution in [0.4, 0.5) is 34.1 Å². The predicted octanol–water partition coefficient (Wildman–Crippen LogP) is 23.9. The van der Waals surface area contributed by atoms with Crippen LogP contribution in [0.5, 0.6) is 0 Å². The highest BCUT2D eigenvalue weighted by Crippen LogP contribution is 2.61. The third kappa shape index (κ3) is 8.00. The maximum absolute atomic E-state index is 2.59. The van der Waals surface area contributed by atoms with E-state index < -0.39 is 10.8 Å². The zero-order valence-electron chi connectivity index (χ0n) is 50.8. The van der Waals surface area contributed by atoms with Crippen molar-refractivity contribution < 1.29 is 0 Å². The van der Waals surface area contributed by atoms with Crippen LogP contribution in [0.2, 0.25) is 0 Å². The molecule has 0 N–H and O–H groups in total. The maximum Gasteiger partial charge on any atom is 0.0714 e. The second-order valence-corrected chi connectivity index (χ2v) is 24.8. The predicted molar refractivity (Wildman–Crippen MR) is 387 cm³/mol. The number of rotatable bonds is 11. The standard InChI is InChI=1S/C90H62N2/c1-5-31-64(32-6-1)89(65-33-7-2-8-34-65)81-47-23-21-41-73(81)75-57-55-69(59-83(75)89)91(85-49-25-29-61-27-13-15-39-71(61)85)68-53-51-63(52-54-68)87-77-43-17-19-45-79(77)88(80-46-20-18-44-78(80)87)92(86-50-26-30-62-28-14-16-40-72(62)86)70-56-58-76-74-42-22-24-48-82(74)90(84(76)60-70,66-35-9-3-10-36-66)67-37-11-4-12-38-67/h1-3,5-11,13-60H,4,12H2. The van der Waals surface area contributed by atoms with Crippen molar-refractivity contribution in [1.29, 1.82) is 0 Å². The molecule has 3 aliphatic rings. The Morgan fingerprint density at radius 2 is 0.674 bits per heavy atom. The van der Waals surface area contributed by atoms with Crippen LogP contribution in [0.1, 0.15) is 51.8 Å². The summed E-state index contributed by atoms with van der Waals surface area (Å²) in [7, 11) is 0. The van der Waals surface area contributed by atoms with Crippen LogP contribution in [0.3, 0.4) is 0 Å². The minimum Gasteiger partial charge on any atom is -0.310 e. The van der Waals surface area contributed by atoms with E-state index in [1.807, 2.05) is 0 Å². The molecule has 1 unspecified atom stereocenters. The van der Waals surface area contributed by atoms with E-state index in [2.05, 4.69) is 362 Å². The maximum atomic E-state index is 2.59. The summed E-state index contributed by atoms with van der Waals surface area (Å²) in [6.45, 7) is 0. The topological polar surface area (TPSA) is 6.48 Å². The first-order valence-electron chi connectivity index (χ1n) is 32.3. The highest BCUT2D eigenvalue weighted by atomic mass is 15.2. The Bertz CT molecular complexity index is 5360. The molecule has 432 valence electrons. The van der Waals surface area contributed by atoms with Gasteiger partial charge in [0.05, 0.1) is 27.9 Å². The molecule has 1 atom stereocenters. The van der Waals surface area contributed by atoms with E-state index in [0.29, 0.717) is 0 Å². The van der Waals surface area contributed by atoms with E-state index in [1.54, 1.807) is 0 Å². The number of benzene rings is 15. The summed E-state index contributed by atoms with van der Waals surface area (Å²) >= 11 is 0. The lowest BCUT2D eigenvalue weighted by atomic mass is 9.66. The van der Waals surface area contributed by atoms with E-state index >= 15 is 0 Å². The van der Waals surface area contributed by atoms with Gasteiger partial charge in [0.2, 0.25) is 0 Å². The van der Waals surface area contributed by atoms with Gasteiger partial charge < -0.3 is 9.80 Å². The van der Waals surface area contributed by atoms with Crippen molar-refractivity contribution >= 4 is 77.2 Å². The quantitative estimate of drug-likeness (QED) is 0.119. The fourth-order valence-electron chi connectivity index (χ4n) is 16.4. The highest BCUT2D eigenvalue weighted by Gasteiger charge is 2.48. The average Bonchev–Trinajstić information content (AvgIpc) is 1.47. The molecule has 2 nitrogen and oxygen atoms in total. The van der Waals surface area contributed by atoms with E-state index in [9.17, 15) is 0 Å². The number of allylic oxidation sites excluding steroid dienone is 4. The van der Waals surface area contributed by atoms with Gasteiger partial charge in [-0.2, -0.15) is 0 Å². The Kier molecular flexibility index (Phi) is 12.5. The molecule has 15 aromatic carbocycles. The van der Waals surface area contributed by atoms with Crippen LogP contribution in [-0.4, -0.2) is 0 Å². The van der Waals surface area contributed by atoms with E-state index in [-0.39, 0.29) is 0 Å². The van der Waals surface area contributed by atoms with Gasteiger partial charge in [-0.1, -0.05) is 303 Å². The van der Waals surface area contributed by atoms with E-state index in [1.165, 1.54) is 115 Å². The molecular weight excluding hydrogens is 1110 g/mol. The van der Waals surface area contributed by atoms with Crippen LogP contribution in [0.15, 0.2) is 357 Å². The zero-order chi connectivity index (χ0) is 60.7. The molecule has 15 aromatic rings. The lowest BCUT2D eigenvalue weighted by Crippen LogP contribution is -2.29. The van der Waals surface area contributed by atoms with Crippen LogP contribution in [0, 0.1) is 0 Å². The molecule has 0 bridgehead atoms. The molecule has 0 fully saturated rings. The SMILES string of the molecule is C1=CC(C2(c3ccccc3)c3ccccc3-c3ccc(N(c4cccc5ccccc45)c4c5ccccc5c(-c5ccc(N(c6ccc7c(c6)C(c6ccccc6)(c6ccccc6)c6ccccc6-7)c6cccc7ccccc67)cc5)c5ccccc45)cc32)=CCC1. The van der Waals surface area contributed by atoms with Crippen LogP contribution < -0.4 is 9.80 Å². The van der Waals surface area contributed by atoms with Gasteiger partial charge in [0.15, 0.2) is 0 Å². The molecule has 0 radical (unpaired) electrons. The summed E-state index contributed by atoms with van der Waals surface area (Å²) in [5.74, 6) is 0. The van der Waals surface area contributed by atoms with Gasteiger partial charge in [0, 0.05) is 38.6 Å². The average molecular weight is 1170 g/mol. The Balaban J connectivity index is 0.843. The first kappa shape index (κ1) is 53.4. The minimum absolute atomic E-state index is 0.533. The zero-order valence-corrected chi connectivity index (χ0v) is 50.8. The van der Waals surface area contributed by atoms with Gasteiger partial charge >= 0.3 is 0 Å². The summed E-state index contributed by atoms with van der Waals surface area (Å²) in [5.41, 5.74) is 23.3. The van der Waals surface area contributed by atoms with Gasteiger partial charge in [-0.05, 0) is 161 Å². The normalized spacial score (nSPS) is 15.0. The molecule has 18 rings (SSSR count). The smallest absolute Gasteiger partial charge is 0.0714 e. The number of hydrogen-bond donors (Lipinski definition) is 0. The molecule has 0 aliphatic heterocycles. The summed E-state index contributed by atoms with van der Waals surface area (Å²) in [4.78, 5) is 5.08. The van der Waals surface area contributed by atoms with Crippen molar-refractivity contribution in [2.45, 2.75) is 23.7 Å². The Hall–Kier alpha value is -11.6. The summed E-state index contributed by atoms with van der Waals surface area (Å²) in [6.07, 6.45) is 9.31. The Morgan fingerprint density at radius 3 is 1.21 bits per heavy atom. The molecule has 2 heteroatoms. The summed E-state index contributed by atoms with van der Waals surface area (Å²) in [6, 6.07) is 125. The van der Waals surface area contributed by atoms with Gasteiger partial charge in [-0.25, -0.2) is 0 Å². The van der Waals surface area contributed by atoms with Crippen molar-refractivity contribution in [3.8, 4) is 33.4 Å². The first-order valence-corrected chi connectivity index (χ1v) is 32.3. The van der Waals surface area contributed by atoms with Crippen molar-refractivity contribution in [2.24, 2.45) is 0 Å². The van der Waals surface area contributed by atoms with Crippen molar-refractivity contribution in [3.63, 3.8) is 0 Å². The minimum atomic E-state index is -0.556. The lowest BCUT2D eigenvalue weighted by molar-refractivity contribution is 0.751. The largest absolute Gasteiger partial charge is 0.310 e. The van der Waals surface area contributed by atoms with Crippen LogP contribution in [-0.2, 0) is 10.8 Å². The van der Waals surface area contributed by atoms with Gasteiger partial charge in [0.1, 0.15) is 0 Å². The summed E-state index contributed by atoms with van der Waals surface area (Å²) < 4.78 is 0. The first-order chi connectivity index (χ1) is 45.7. The second kappa shape index (κ2) is 21.6. The Labute approximate surface area is 537 Å². The molecule has 0 saturated carbocycles. The molecule has 0 spiro atoms. The monoisotopic (exact) mass is 1170 g/mol. The van der Waals surface area contributed by atoms with Gasteiger partial charge in [-0.3, -0.25) is 0 Å². The molecule has 0 amide bonds. The van der Waals surface area contributed by atoms with E-state index in [0.717, 1.165) is 52.5 Å². The van der Waals surface area contributed by atoms with Gasteiger partial charge in [-0.15, -0.1) is 0 Å². The third-order valence-corrected chi connectivity index (χ3v) is 20.2. The van der Waals surface area contributed by atoms with Crippen molar-refractivity contribution in [1.82, 2.24) is 0 Å². The Morgan fingerprint density at radius 1 is 0.272 bits per heavy atom. The molecule has 92 heavy (non-hydrogen) atoms. The van der Waals surface area contributed by atoms with Gasteiger partial charge in [0.25, 0.3) is 0 Å². The highest BCUT2D eigenvalue weighted by molar-refractivity contribution is 6.23.